The van der Waals surface area contributed by atoms with Gasteiger partial charge < -0.3 is 4.98 Å². The van der Waals surface area contributed by atoms with Crippen LogP contribution >= 0.6 is 0 Å². The van der Waals surface area contributed by atoms with Crippen molar-refractivity contribution >= 4 is 11.0 Å². The van der Waals surface area contributed by atoms with Gasteiger partial charge in [-0.1, -0.05) is 12.1 Å². The lowest BCUT2D eigenvalue weighted by Gasteiger charge is -1.95. The number of hydrogen-bond acceptors (Lipinski definition) is 1. The first kappa shape index (κ1) is 10.0. The summed E-state index contributed by atoms with van der Waals surface area (Å²) >= 11 is 0. The van der Waals surface area contributed by atoms with Crippen LogP contribution in [0.4, 0.5) is 0 Å². The monoisotopic (exact) mass is 224 g/mol. The third-order valence-electron chi connectivity index (χ3n) is 2.89. The van der Waals surface area contributed by atoms with Crippen LogP contribution in [0, 0.1) is 0 Å². The second-order valence-corrected chi connectivity index (χ2v) is 4.03. The summed E-state index contributed by atoms with van der Waals surface area (Å²) < 4.78 is 2.14. The second kappa shape index (κ2) is 4.01. The molecule has 0 amide bonds. The summed E-state index contributed by atoms with van der Waals surface area (Å²) in [6.07, 6.45) is 4.17. The number of nitrogens with one attached hydrogen (secondary N) is 1. The van der Waals surface area contributed by atoms with E-state index in [1.165, 1.54) is 0 Å². The molecule has 0 aliphatic heterocycles. The molecule has 0 saturated heterocycles. The Labute approximate surface area is 99.8 Å². The van der Waals surface area contributed by atoms with E-state index in [0.717, 1.165) is 29.0 Å². The van der Waals surface area contributed by atoms with Crippen molar-refractivity contribution in [2.45, 2.75) is 13.5 Å². The van der Waals surface area contributed by atoms with Crippen LogP contribution < -0.4 is 4.57 Å². The molecular weight excluding hydrogens is 210 g/mol. The Morgan fingerprint density at radius 1 is 1.18 bits per heavy atom. The highest BCUT2D eigenvalue weighted by Crippen LogP contribution is 2.18. The molecule has 0 bridgehead atoms. The van der Waals surface area contributed by atoms with Crippen molar-refractivity contribution in [2.24, 2.45) is 0 Å². The van der Waals surface area contributed by atoms with Crippen LogP contribution in [0.5, 0.6) is 0 Å². The number of pyridine rings is 1. The molecule has 0 unspecified atom stereocenters. The van der Waals surface area contributed by atoms with Crippen LogP contribution in [0.1, 0.15) is 6.92 Å². The molecule has 0 radical (unpaired) electrons. The minimum absolute atomic E-state index is 0.925. The number of para-hydroxylation sites is 2. The molecule has 1 N–H and O–H groups in total. The van der Waals surface area contributed by atoms with Crippen LogP contribution in [-0.4, -0.2) is 9.97 Å². The van der Waals surface area contributed by atoms with Crippen molar-refractivity contribution in [2.75, 3.05) is 0 Å². The summed E-state index contributed by atoms with van der Waals surface area (Å²) in [5, 5.41) is 0. The fraction of sp³-hybridized carbons (Fsp3) is 0.143. The minimum atomic E-state index is 0.925. The molecule has 0 fully saturated rings. The minimum Gasteiger partial charge on any atom is -0.338 e. The largest absolute Gasteiger partial charge is 0.338 e. The zero-order valence-electron chi connectivity index (χ0n) is 9.72. The number of fused-ring (bicyclic) bond motifs is 1. The Bertz CT molecular complexity index is 622. The Balaban J connectivity index is 2.13. The predicted molar refractivity (Wildman–Crippen MR) is 67.4 cm³/mol. The van der Waals surface area contributed by atoms with E-state index >= 15 is 0 Å². The van der Waals surface area contributed by atoms with E-state index in [1.54, 1.807) is 0 Å². The molecule has 0 aliphatic carbocycles. The lowest BCUT2D eigenvalue weighted by atomic mass is 10.3. The predicted octanol–water partition coefficient (Wildman–Crippen LogP) is 2.54. The molecule has 0 spiro atoms. The van der Waals surface area contributed by atoms with E-state index in [4.69, 9.17) is 0 Å². The fourth-order valence-electron chi connectivity index (χ4n) is 1.95. The zero-order valence-corrected chi connectivity index (χ0v) is 9.72. The third kappa shape index (κ3) is 1.80. The first-order chi connectivity index (χ1) is 8.36. The maximum absolute atomic E-state index is 4.59. The van der Waals surface area contributed by atoms with Crippen molar-refractivity contribution in [3.63, 3.8) is 0 Å². The number of aromatic nitrogens is 3. The molecule has 1 aromatic carbocycles. The number of imidazole rings is 1. The number of aryl methyl sites for hydroxylation is 1. The van der Waals surface area contributed by atoms with Gasteiger partial charge in [-0.25, -0.2) is 9.55 Å². The Morgan fingerprint density at radius 2 is 2.06 bits per heavy atom. The van der Waals surface area contributed by atoms with Gasteiger partial charge in [-0.05, 0) is 25.1 Å². The average Bonchev–Trinajstić information content (AvgIpc) is 2.82. The maximum Gasteiger partial charge on any atom is 0.179 e. The van der Waals surface area contributed by atoms with Gasteiger partial charge in [-0.3, -0.25) is 0 Å². The van der Waals surface area contributed by atoms with E-state index in [2.05, 4.69) is 39.9 Å². The SMILES string of the molecule is CC[n+]1cccc(-c2nc3ccccc3[nH]2)c1. The van der Waals surface area contributed by atoms with Crippen molar-refractivity contribution in [3.8, 4) is 11.4 Å². The molecule has 3 aromatic rings. The summed E-state index contributed by atoms with van der Waals surface area (Å²) in [6.45, 7) is 3.09. The molecule has 0 saturated carbocycles. The van der Waals surface area contributed by atoms with Crippen molar-refractivity contribution < 1.29 is 4.57 Å². The van der Waals surface area contributed by atoms with E-state index in [1.807, 2.05) is 30.3 Å². The lowest BCUT2D eigenvalue weighted by Crippen LogP contribution is -2.30. The number of nitrogens with zero attached hydrogens (tertiary/aromatic N) is 2. The van der Waals surface area contributed by atoms with Gasteiger partial charge in [0.15, 0.2) is 12.4 Å². The zero-order chi connectivity index (χ0) is 11.7. The summed E-state index contributed by atoms with van der Waals surface area (Å²) in [6, 6.07) is 12.2. The highest BCUT2D eigenvalue weighted by Gasteiger charge is 2.07. The van der Waals surface area contributed by atoms with Crippen molar-refractivity contribution in [3.05, 3.63) is 48.8 Å². The molecular formula is C14H14N3+. The number of H-pyrrole nitrogens is 1. The Hall–Kier alpha value is -2.16. The summed E-state index contributed by atoms with van der Waals surface area (Å²) in [5.74, 6) is 0.925. The number of aromatic amines is 1. The standard InChI is InChI=1S/C14H14N3/c1-2-17-9-5-6-11(10-17)14-15-12-7-3-4-8-13(12)16-14/h3-10H,2H2,1H3,(H,15,16)/q+1. The Morgan fingerprint density at radius 3 is 2.88 bits per heavy atom. The molecule has 17 heavy (non-hydrogen) atoms. The smallest absolute Gasteiger partial charge is 0.179 e. The highest BCUT2D eigenvalue weighted by atomic mass is 14.9. The highest BCUT2D eigenvalue weighted by molar-refractivity contribution is 5.78. The molecule has 0 aliphatic rings. The molecule has 2 heterocycles. The molecule has 3 heteroatoms. The molecule has 3 rings (SSSR count). The first-order valence-electron chi connectivity index (χ1n) is 5.81. The van der Waals surface area contributed by atoms with Gasteiger partial charge in [0.25, 0.3) is 0 Å². The summed E-state index contributed by atoms with van der Waals surface area (Å²) in [5.41, 5.74) is 3.20. The summed E-state index contributed by atoms with van der Waals surface area (Å²) in [4.78, 5) is 7.93. The van der Waals surface area contributed by atoms with Gasteiger partial charge in [-0.15, -0.1) is 0 Å². The van der Waals surface area contributed by atoms with E-state index in [9.17, 15) is 0 Å². The van der Waals surface area contributed by atoms with Gasteiger partial charge >= 0.3 is 0 Å². The normalized spacial score (nSPS) is 10.9. The number of hydrogen-bond donors (Lipinski definition) is 1. The van der Waals surface area contributed by atoms with E-state index < -0.39 is 0 Å². The van der Waals surface area contributed by atoms with Gasteiger partial charge in [0.05, 0.1) is 16.6 Å². The van der Waals surface area contributed by atoms with E-state index in [0.29, 0.717) is 0 Å². The van der Waals surface area contributed by atoms with Crippen LogP contribution in [0.15, 0.2) is 48.8 Å². The van der Waals surface area contributed by atoms with E-state index in [-0.39, 0.29) is 0 Å². The lowest BCUT2D eigenvalue weighted by molar-refractivity contribution is -0.693. The number of rotatable bonds is 2. The Kier molecular flexibility index (Phi) is 2.37. The summed E-state index contributed by atoms with van der Waals surface area (Å²) in [7, 11) is 0. The second-order valence-electron chi connectivity index (χ2n) is 4.03. The molecule has 0 atom stereocenters. The first-order valence-corrected chi connectivity index (χ1v) is 5.81. The quantitative estimate of drug-likeness (QED) is 0.667. The van der Waals surface area contributed by atoms with Gasteiger partial charge in [0.1, 0.15) is 12.4 Å². The number of benzene rings is 1. The van der Waals surface area contributed by atoms with Crippen LogP contribution in [0.2, 0.25) is 0 Å². The van der Waals surface area contributed by atoms with Crippen molar-refractivity contribution in [1.29, 1.82) is 0 Å². The molecule has 84 valence electrons. The van der Waals surface area contributed by atoms with Crippen LogP contribution in [-0.2, 0) is 6.54 Å². The topological polar surface area (TPSA) is 32.6 Å². The van der Waals surface area contributed by atoms with Crippen LogP contribution in [0.25, 0.3) is 22.4 Å². The van der Waals surface area contributed by atoms with Crippen LogP contribution in [0.3, 0.4) is 0 Å². The fourth-order valence-corrected chi connectivity index (χ4v) is 1.95. The van der Waals surface area contributed by atoms with Gasteiger partial charge in [0, 0.05) is 6.07 Å². The molecule has 3 nitrogen and oxygen atoms in total. The van der Waals surface area contributed by atoms with Gasteiger partial charge in [0.2, 0.25) is 0 Å². The van der Waals surface area contributed by atoms with Crippen molar-refractivity contribution in [1.82, 2.24) is 9.97 Å². The third-order valence-corrected chi connectivity index (χ3v) is 2.89. The van der Waals surface area contributed by atoms with Gasteiger partial charge in [-0.2, -0.15) is 0 Å². The maximum atomic E-state index is 4.59. The average molecular weight is 224 g/mol. The molecule has 2 aromatic heterocycles.